The van der Waals surface area contributed by atoms with Gasteiger partial charge < -0.3 is 4.74 Å². The normalized spacial score (nSPS) is 21.8. The van der Waals surface area contributed by atoms with Crippen LogP contribution in [0, 0.1) is 0 Å². The van der Waals surface area contributed by atoms with Crippen LogP contribution in [0.15, 0.2) is 18.3 Å². The van der Waals surface area contributed by atoms with E-state index in [9.17, 15) is 0 Å². The highest BCUT2D eigenvalue weighted by molar-refractivity contribution is 5.29. The summed E-state index contributed by atoms with van der Waals surface area (Å²) in [6.45, 7) is 5.26. The SMILES string of the molecule is CC(C)Oc1ncccc1[C@@H]1CCCCN1C. The van der Waals surface area contributed by atoms with Crippen molar-refractivity contribution in [1.82, 2.24) is 9.88 Å². The van der Waals surface area contributed by atoms with Gasteiger partial charge in [0.05, 0.1) is 6.10 Å². The third-order valence-electron chi connectivity index (χ3n) is 3.28. The molecule has 0 radical (unpaired) electrons. The van der Waals surface area contributed by atoms with E-state index in [4.69, 9.17) is 4.74 Å². The van der Waals surface area contributed by atoms with Gasteiger partial charge in [0.25, 0.3) is 0 Å². The highest BCUT2D eigenvalue weighted by atomic mass is 16.5. The first-order valence-electron chi connectivity index (χ1n) is 6.50. The Morgan fingerprint density at radius 1 is 1.41 bits per heavy atom. The summed E-state index contributed by atoms with van der Waals surface area (Å²) in [4.78, 5) is 6.79. The molecule has 0 saturated carbocycles. The van der Waals surface area contributed by atoms with Crippen molar-refractivity contribution < 1.29 is 4.74 Å². The quantitative estimate of drug-likeness (QED) is 0.804. The van der Waals surface area contributed by atoms with Gasteiger partial charge in [-0.2, -0.15) is 0 Å². The second kappa shape index (κ2) is 5.50. The van der Waals surface area contributed by atoms with Crippen molar-refractivity contribution in [3.63, 3.8) is 0 Å². The van der Waals surface area contributed by atoms with Gasteiger partial charge in [-0.25, -0.2) is 4.98 Å². The number of nitrogens with zero attached hydrogens (tertiary/aromatic N) is 2. The Labute approximate surface area is 104 Å². The largest absolute Gasteiger partial charge is 0.475 e. The number of aromatic nitrogens is 1. The van der Waals surface area contributed by atoms with Crippen LogP contribution in [0.25, 0.3) is 0 Å². The van der Waals surface area contributed by atoms with Crippen LogP contribution >= 0.6 is 0 Å². The number of rotatable bonds is 3. The molecule has 1 aliphatic heterocycles. The topological polar surface area (TPSA) is 25.4 Å². The molecular weight excluding hydrogens is 212 g/mol. The van der Waals surface area contributed by atoms with Gasteiger partial charge in [0.2, 0.25) is 5.88 Å². The molecule has 1 atom stereocenters. The highest BCUT2D eigenvalue weighted by Crippen LogP contribution is 2.34. The van der Waals surface area contributed by atoms with E-state index in [-0.39, 0.29) is 6.10 Å². The maximum atomic E-state index is 5.81. The zero-order valence-electron chi connectivity index (χ0n) is 11.0. The molecule has 1 fully saturated rings. The molecule has 1 aromatic heterocycles. The average Bonchev–Trinajstić information content (AvgIpc) is 2.30. The molecule has 0 N–H and O–H groups in total. The summed E-state index contributed by atoms with van der Waals surface area (Å²) in [5.74, 6) is 0.807. The Morgan fingerprint density at radius 2 is 2.24 bits per heavy atom. The number of likely N-dealkylation sites (tertiary alicyclic amines) is 1. The van der Waals surface area contributed by atoms with Crippen molar-refractivity contribution in [3.8, 4) is 5.88 Å². The predicted octanol–water partition coefficient (Wildman–Crippen LogP) is 3.03. The minimum Gasteiger partial charge on any atom is -0.475 e. The van der Waals surface area contributed by atoms with E-state index in [0.717, 1.165) is 5.88 Å². The van der Waals surface area contributed by atoms with E-state index in [1.165, 1.54) is 31.4 Å². The number of pyridine rings is 1. The molecule has 3 heteroatoms. The van der Waals surface area contributed by atoms with Crippen LogP contribution in [0.3, 0.4) is 0 Å². The molecule has 1 saturated heterocycles. The number of hydrogen-bond acceptors (Lipinski definition) is 3. The molecule has 0 unspecified atom stereocenters. The molecule has 1 aliphatic rings. The molecular formula is C14H22N2O. The molecule has 0 aliphatic carbocycles. The van der Waals surface area contributed by atoms with E-state index in [0.29, 0.717) is 6.04 Å². The number of hydrogen-bond donors (Lipinski definition) is 0. The Balaban J connectivity index is 2.23. The van der Waals surface area contributed by atoms with Crippen molar-refractivity contribution in [2.24, 2.45) is 0 Å². The van der Waals surface area contributed by atoms with Gasteiger partial charge in [0.1, 0.15) is 0 Å². The lowest BCUT2D eigenvalue weighted by Gasteiger charge is -2.33. The van der Waals surface area contributed by atoms with Gasteiger partial charge in [-0.1, -0.05) is 12.5 Å². The van der Waals surface area contributed by atoms with E-state index < -0.39 is 0 Å². The summed E-state index contributed by atoms with van der Waals surface area (Å²) in [5, 5.41) is 0. The molecule has 17 heavy (non-hydrogen) atoms. The lowest BCUT2D eigenvalue weighted by Crippen LogP contribution is -2.30. The van der Waals surface area contributed by atoms with Crippen molar-refractivity contribution >= 4 is 0 Å². The summed E-state index contributed by atoms with van der Waals surface area (Å²) in [6, 6.07) is 4.62. The Hall–Kier alpha value is -1.09. The zero-order chi connectivity index (χ0) is 12.3. The molecule has 2 heterocycles. The Bertz CT molecular complexity index is 365. The summed E-state index contributed by atoms with van der Waals surface area (Å²) >= 11 is 0. The average molecular weight is 234 g/mol. The summed E-state index contributed by atoms with van der Waals surface area (Å²) < 4.78 is 5.81. The minimum atomic E-state index is 0.178. The zero-order valence-corrected chi connectivity index (χ0v) is 11.0. The van der Waals surface area contributed by atoms with Gasteiger partial charge in [0.15, 0.2) is 0 Å². The van der Waals surface area contributed by atoms with Crippen LogP contribution in [0.5, 0.6) is 5.88 Å². The molecule has 1 aromatic rings. The van der Waals surface area contributed by atoms with Crippen molar-refractivity contribution in [1.29, 1.82) is 0 Å². The van der Waals surface area contributed by atoms with Crippen LogP contribution < -0.4 is 4.74 Å². The van der Waals surface area contributed by atoms with Crippen LogP contribution in [0.1, 0.15) is 44.7 Å². The third-order valence-corrected chi connectivity index (χ3v) is 3.28. The van der Waals surface area contributed by atoms with Crippen molar-refractivity contribution in [3.05, 3.63) is 23.9 Å². The lowest BCUT2D eigenvalue weighted by atomic mass is 9.96. The molecule has 0 aromatic carbocycles. The van der Waals surface area contributed by atoms with E-state index in [1.807, 2.05) is 26.1 Å². The third kappa shape index (κ3) is 2.97. The fourth-order valence-electron chi connectivity index (χ4n) is 2.45. The summed E-state index contributed by atoms with van der Waals surface area (Å²) in [5.41, 5.74) is 1.24. The smallest absolute Gasteiger partial charge is 0.218 e. The Kier molecular flexibility index (Phi) is 4.00. The minimum absolute atomic E-state index is 0.178. The first-order chi connectivity index (χ1) is 8.18. The summed E-state index contributed by atoms with van der Waals surface area (Å²) in [6.07, 6.45) is 5.79. The van der Waals surface area contributed by atoms with Gasteiger partial charge in [-0.05, 0) is 46.3 Å². The predicted molar refractivity (Wildman–Crippen MR) is 69.2 cm³/mol. The molecule has 94 valence electrons. The highest BCUT2D eigenvalue weighted by Gasteiger charge is 2.24. The lowest BCUT2D eigenvalue weighted by molar-refractivity contribution is 0.173. The van der Waals surface area contributed by atoms with E-state index in [1.54, 1.807) is 0 Å². The maximum Gasteiger partial charge on any atom is 0.218 e. The maximum absolute atomic E-state index is 5.81. The van der Waals surface area contributed by atoms with Crippen LogP contribution in [0.2, 0.25) is 0 Å². The summed E-state index contributed by atoms with van der Waals surface area (Å²) in [7, 11) is 2.19. The Morgan fingerprint density at radius 3 is 2.94 bits per heavy atom. The van der Waals surface area contributed by atoms with Crippen molar-refractivity contribution in [2.75, 3.05) is 13.6 Å². The van der Waals surface area contributed by atoms with Crippen LogP contribution in [-0.2, 0) is 0 Å². The second-order valence-corrected chi connectivity index (χ2v) is 5.06. The van der Waals surface area contributed by atoms with Crippen LogP contribution in [-0.4, -0.2) is 29.6 Å². The first-order valence-corrected chi connectivity index (χ1v) is 6.50. The second-order valence-electron chi connectivity index (χ2n) is 5.06. The van der Waals surface area contributed by atoms with Gasteiger partial charge in [-0.15, -0.1) is 0 Å². The van der Waals surface area contributed by atoms with E-state index >= 15 is 0 Å². The fraction of sp³-hybridized carbons (Fsp3) is 0.643. The molecule has 2 rings (SSSR count). The molecule has 0 bridgehead atoms. The van der Waals surface area contributed by atoms with Crippen molar-refractivity contribution in [2.45, 2.75) is 45.3 Å². The number of ether oxygens (including phenoxy) is 1. The number of piperidine rings is 1. The molecule has 0 amide bonds. The van der Waals surface area contributed by atoms with E-state index in [2.05, 4.69) is 23.0 Å². The van der Waals surface area contributed by atoms with Gasteiger partial charge in [0, 0.05) is 17.8 Å². The van der Waals surface area contributed by atoms with Crippen LogP contribution in [0.4, 0.5) is 0 Å². The molecule has 3 nitrogen and oxygen atoms in total. The fourth-order valence-corrected chi connectivity index (χ4v) is 2.45. The molecule has 0 spiro atoms. The van der Waals surface area contributed by atoms with Gasteiger partial charge in [-0.3, -0.25) is 4.90 Å². The first kappa shape index (κ1) is 12.4. The van der Waals surface area contributed by atoms with Gasteiger partial charge >= 0.3 is 0 Å². The standard InChI is InChI=1S/C14H22N2O/c1-11(2)17-14-12(7-6-9-15-14)13-8-4-5-10-16(13)3/h6-7,9,11,13H,4-5,8,10H2,1-3H3/t13-/m0/s1. The monoisotopic (exact) mass is 234 g/mol.